The van der Waals surface area contributed by atoms with Gasteiger partial charge in [-0.05, 0) is 24.3 Å². The van der Waals surface area contributed by atoms with Gasteiger partial charge < -0.3 is 10.1 Å². The third-order valence-electron chi connectivity index (χ3n) is 4.35. The number of carboxylic acid groups (broad SMARTS) is 1. The van der Waals surface area contributed by atoms with Crippen molar-refractivity contribution in [1.82, 2.24) is 15.4 Å². The monoisotopic (exact) mass is 384 g/mol. The standard InChI is InChI=1S/C22H16N4O3/c27-21(26-23-13-16-8-4-5-9-17(16)22(28)29)15-10-11-18-19(12-15)25-20(24-18)14-6-2-1-3-7-14/h1-13H,(H,24,25)(H,26,27)(H,28,29)/b23-13+. The summed E-state index contributed by atoms with van der Waals surface area (Å²) in [6.07, 6.45) is 1.31. The second-order valence-corrected chi connectivity index (χ2v) is 6.27. The van der Waals surface area contributed by atoms with E-state index in [9.17, 15) is 14.7 Å². The number of nitrogens with one attached hydrogen (secondary N) is 2. The number of benzene rings is 3. The van der Waals surface area contributed by atoms with Gasteiger partial charge in [-0.1, -0.05) is 48.5 Å². The van der Waals surface area contributed by atoms with E-state index in [-0.39, 0.29) is 5.56 Å². The summed E-state index contributed by atoms with van der Waals surface area (Å²) in [5, 5.41) is 13.1. The number of aromatic carboxylic acids is 1. The van der Waals surface area contributed by atoms with Crippen LogP contribution in [0.15, 0.2) is 77.9 Å². The van der Waals surface area contributed by atoms with Crippen molar-refractivity contribution >= 4 is 29.1 Å². The molecule has 3 N–H and O–H groups in total. The van der Waals surface area contributed by atoms with Crippen molar-refractivity contribution in [1.29, 1.82) is 0 Å². The van der Waals surface area contributed by atoms with E-state index in [1.807, 2.05) is 30.3 Å². The maximum atomic E-state index is 12.4. The molecule has 3 aromatic carbocycles. The molecule has 1 amide bonds. The number of rotatable bonds is 5. The normalized spacial score (nSPS) is 11.0. The lowest BCUT2D eigenvalue weighted by molar-refractivity contribution is 0.0696. The lowest BCUT2D eigenvalue weighted by atomic mass is 10.1. The molecular weight excluding hydrogens is 368 g/mol. The van der Waals surface area contributed by atoms with Gasteiger partial charge >= 0.3 is 5.97 Å². The van der Waals surface area contributed by atoms with Crippen molar-refractivity contribution in [2.75, 3.05) is 0 Å². The van der Waals surface area contributed by atoms with Crippen LogP contribution in [-0.2, 0) is 0 Å². The lowest BCUT2D eigenvalue weighted by Gasteiger charge is -2.01. The number of fused-ring (bicyclic) bond motifs is 1. The van der Waals surface area contributed by atoms with E-state index >= 15 is 0 Å². The van der Waals surface area contributed by atoms with E-state index in [0.717, 1.165) is 22.4 Å². The number of carboxylic acids is 1. The number of hydrogen-bond acceptors (Lipinski definition) is 4. The van der Waals surface area contributed by atoms with Crippen LogP contribution in [0.25, 0.3) is 22.4 Å². The van der Waals surface area contributed by atoms with Gasteiger partial charge in [0, 0.05) is 16.7 Å². The highest BCUT2D eigenvalue weighted by Crippen LogP contribution is 2.21. The smallest absolute Gasteiger partial charge is 0.336 e. The van der Waals surface area contributed by atoms with Gasteiger partial charge in [0.2, 0.25) is 0 Å². The summed E-state index contributed by atoms with van der Waals surface area (Å²) in [4.78, 5) is 31.4. The number of imidazole rings is 1. The summed E-state index contributed by atoms with van der Waals surface area (Å²) >= 11 is 0. The van der Waals surface area contributed by atoms with E-state index in [1.54, 1.807) is 36.4 Å². The van der Waals surface area contributed by atoms with Crippen LogP contribution in [0.1, 0.15) is 26.3 Å². The van der Waals surface area contributed by atoms with Crippen molar-refractivity contribution in [2.45, 2.75) is 0 Å². The predicted octanol–water partition coefficient (Wildman–Crippen LogP) is 3.69. The molecule has 0 radical (unpaired) electrons. The summed E-state index contributed by atoms with van der Waals surface area (Å²) in [6.45, 7) is 0. The van der Waals surface area contributed by atoms with Crippen molar-refractivity contribution in [3.05, 3.63) is 89.5 Å². The highest BCUT2D eigenvalue weighted by atomic mass is 16.4. The van der Waals surface area contributed by atoms with Gasteiger partial charge in [0.25, 0.3) is 5.91 Å². The molecule has 0 bridgehead atoms. The third-order valence-corrected chi connectivity index (χ3v) is 4.35. The Labute approximate surface area is 165 Å². The minimum absolute atomic E-state index is 0.109. The largest absolute Gasteiger partial charge is 0.478 e. The average molecular weight is 384 g/mol. The number of aromatic amines is 1. The van der Waals surface area contributed by atoms with Crippen LogP contribution in [-0.4, -0.2) is 33.2 Å². The topological polar surface area (TPSA) is 107 Å². The number of carbonyl (C=O) groups is 2. The third kappa shape index (κ3) is 3.89. The number of H-pyrrole nitrogens is 1. The number of hydrazone groups is 1. The van der Waals surface area contributed by atoms with Crippen LogP contribution in [0.4, 0.5) is 0 Å². The first-order valence-corrected chi connectivity index (χ1v) is 8.83. The summed E-state index contributed by atoms with van der Waals surface area (Å²) in [6, 6.07) is 21.2. The Balaban J connectivity index is 1.52. The Morgan fingerprint density at radius 3 is 2.55 bits per heavy atom. The molecule has 1 aromatic heterocycles. The van der Waals surface area contributed by atoms with E-state index < -0.39 is 11.9 Å². The SMILES string of the molecule is O=C(N/N=C/c1ccccc1C(=O)O)c1ccc2nc(-c3ccccc3)[nH]c2c1. The highest BCUT2D eigenvalue weighted by molar-refractivity contribution is 6.00. The summed E-state index contributed by atoms with van der Waals surface area (Å²) in [7, 11) is 0. The molecule has 1 heterocycles. The van der Waals surface area contributed by atoms with Crippen LogP contribution < -0.4 is 5.43 Å². The molecular formula is C22H16N4O3. The molecule has 0 aliphatic carbocycles. The second-order valence-electron chi connectivity index (χ2n) is 6.27. The van der Waals surface area contributed by atoms with Crippen molar-refractivity contribution < 1.29 is 14.7 Å². The zero-order chi connectivity index (χ0) is 20.2. The van der Waals surface area contributed by atoms with E-state index in [4.69, 9.17) is 0 Å². The van der Waals surface area contributed by atoms with Crippen molar-refractivity contribution in [3.8, 4) is 11.4 Å². The van der Waals surface area contributed by atoms with Gasteiger partial charge in [-0.2, -0.15) is 5.10 Å². The van der Waals surface area contributed by atoms with E-state index in [2.05, 4.69) is 20.5 Å². The molecule has 29 heavy (non-hydrogen) atoms. The summed E-state index contributed by atoms with van der Waals surface area (Å²) in [5.74, 6) is -0.745. The first-order chi connectivity index (χ1) is 14.1. The van der Waals surface area contributed by atoms with Crippen molar-refractivity contribution in [3.63, 3.8) is 0 Å². The molecule has 0 spiro atoms. The number of carbonyl (C=O) groups excluding carboxylic acids is 1. The molecule has 4 rings (SSSR count). The van der Waals surface area contributed by atoms with E-state index in [0.29, 0.717) is 11.1 Å². The lowest BCUT2D eigenvalue weighted by Crippen LogP contribution is -2.17. The predicted molar refractivity (Wildman–Crippen MR) is 110 cm³/mol. The maximum absolute atomic E-state index is 12.4. The first-order valence-electron chi connectivity index (χ1n) is 8.83. The van der Waals surface area contributed by atoms with Crippen LogP contribution >= 0.6 is 0 Å². The first kappa shape index (κ1) is 18.1. The molecule has 7 nitrogen and oxygen atoms in total. The Morgan fingerprint density at radius 1 is 1.00 bits per heavy atom. The molecule has 0 aliphatic rings. The van der Waals surface area contributed by atoms with Gasteiger partial charge in [0.15, 0.2) is 0 Å². The minimum atomic E-state index is -1.06. The number of hydrogen-bond donors (Lipinski definition) is 3. The Kier molecular flexibility index (Phi) is 4.86. The quantitative estimate of drug-likeness (QED) is 0.360. The molecule has 0 atom stereocenters. The van der Waals surface area contributed by atoms with Crippen molar-refractivity contribution in [2.24, 2.45) is 5.10 Å². The molecule has 142 valence electrons. The Bertz CT molecular complexity index is 1230. The fourth-order valence-electron chi connectivity index (χ4n) is 2.91. The molecule has 7 heteroatoms. The Morgan fingerprint density at radius 2 is 1.76 bits per heavy atom. The van der Waals surface area contributed by atoms with Gasteiger partial charge in [-0.3, -0.25) is 4.79 Å². The second kappa shape index (κ2) is 7.77. The van der Waals surface area contributed by atoms with Gasteiger partial charge in [-0.15, -0.1) is 0 Å². The molecule has 0 saturated carbocycles. The fourth-order valence-corrected chi connectivity index (χ4v) is 2.91. The average Bonchev–Trinajstić information content (AvgIpc) is 3.18. The highest BCUT2D eigenvalue weighted by Gasteiger charge is 2.10. The number of aromatic nitrogens is 2. The Hall–Kier alpha value is -4.26. The van der Waals surface area contributed by atoms with Crippen LogP contribution in [0.2, 0.25) is 0 Å². The zero-order valence-corrected chi connectivity index (χ0v) is 15.2. The number of amides is 1. The van der Waals surface area contributed by atoms with Crippen LogP contribution in [0, 0.1) is 0 Å². The maximum Gasteiger partial charge on any atom is 0.336 e. The molecule has 0 saturated heterocycles. The van der Waals surface area contributed by atoms with Gasteiger partial charge in [-0.25, -0.2) is 15.2 Å². The van der Waals surface area contributed by atoms with Crippen LogP contribution in [0.5, 0.6) is 0 Å². The summed E-state index contributed by atoms with van der Waals surface area (Å²) < 4.78 is 0. The molecule has 0 fully saturated rings. The zero-order valence-electron chi connectivity index (χ0n) is 15.2. The van der Waals surface area contributed by atoms with Crippen LogP contribution in [0.3, 0.4) is 0 Å². The molecule has 0 unspecified atom stereocenters. The summed E-state index contributed by atoms with van der Waals surface area (Å²) in [5.41, 5.74) is 5.77. The number of nitrogens with zero attached hydrogens (tertiary/aromatic N) is 2. The molecule has 0 aliphatic heterocycles. The molecule has 4 aromatic rings. The fraction of sp³-hybridized carbons (Fsp3) is 0. The van der Waals surface area contributed by atoms with E-state index in [1.165, 1.54) is 12.3 Å². The minimum Gasteiger partial charge on any atom is -0.478 e. The van der Waals surface area contributed by atoms with Gasteiger partial charge in [0.05, 0.1) is 22.8 Å². The van der Waals surface area contributed by atoms with Gasteiger partial charge in [0.1, 0.15) is 5.82 Å².